The number of carbonyl (C=O) groups is 2. The number of nitrogens with one attached hydrogen (secondary N) is 1. The third-order valence-electron chi connectivity index (χ3n) is 4.17. The van der Waals surface area contributed by atoms with Gasteiger partial charge >= 0.3 is 5.97 Å². The van der Waals surface area contributed by atoms with Gasteiger partial charge in [-0.1, -0.05) is 24.3 Å². The lowest BCUT2D eigenvalue weighted by molar-refractivity contribution is 0.0468. The summed E-state index contributed by atoms with van der Waals surface area (Å²) in [6.45, 7) is -0.467. The van der Waals surface area contributed by atoms with Gasteiger partial charge in [-0.25, -0.2) is 13.2 Å². The molecule has 0 saturated carbocycles. The summed E-state index contributed by atoms with van der Waals surface area (Å²) in [5.74, 6) is -1.05. The van der Waals surface area contributed by atoms with E-state index in [0.29, 0.717) is 11.3 Å². The highest BCUT2D eigenvalue weighted by Crippen LogP contribution is 2.21. The van der Waals surface area contributed by atoms with Crippen LogP contribution in [0.15, 0.2) is 80.7 Å². The first-order valence-electron chi connectivity index (χ1n) is 8.78. The molecule has 0 fully saturated rings. The Morgan fingerprint density at radius 2 is 1.77 bits per heavy atom. The number of para-hydroxylation sites is 1. The van der Waals surface area contributed by atoms with Gasteiger partial charge in [0.1, 0.15) is 9.79 Å². The number of thiophene rings is 1. The van der Waals surface area contributed by atoms with E-state index in [2.05, 4.69) is 4.72 Å². The summed E-state index contributed by atoms with van der Waals surface area (Å²) >= 11 is 1.10. The van der Waals surface area contributed by atoms with Crippen LogP contribution in [-0.4, -0.2) is 26.8 Å². The van der Waals surface area contributed by atoms with Crippen molar-refractivity contribution in [1.82, 2.24) is 0 Å². The van der Waals surface area contributed by atoms with Crippen LogP contribution < -0.4 is 4.72 Å². The van der Waals surface area contributed by atoms with Crippen molar-refractivity contribution in [3.8, 4) is 0 Å². The van der Waals surface area contributed by atoms with Crippen LogP contribution >= 0.6 is 11.3 Å². The summed E-state index contributed by atoms with van der Waals surface area (Å²) < 4.78 is 37.6. The SMILES string of the molecule is O=C(OCC(=O)c1cc2ccccc2o1)c1ccc(NS(=O)(=O)c2cccs2)cc1. The molecule has 0 bridgehead atoms. The zero-order chi connectivity index (χ0) is 21.1. The van der Waals surface area contributed by atoms with E-state index in [4.69, 9.17) is 9.15 Å². The molecule has 4 rings (SSSR count). The van der Waals surface area contributed by atoms with E-state index < -0.39 is 28.4 Å². The Morgan fingerprint density at radius 1 is 1.00 bits per heavy atom. The minimum absolute atomic E-state index is 0.113. The number of rotatable bonds is 7. The van der Waals surface area contributed by atoms with Crippen molar-refractivity contribution < 1.29 is 27.2 Å². The number of hydrogen-bond donors (Lipinski definition) is 1. The third-order valence-corrected chi connectivity index (χ3v) is 6.95. The van der Waals surface area contributed by atoms with Crippen molar-refractivity contribution in [1.29, 1.82) is 0 Å². The van der Waals surface area contributed by atoms with Crippen molar-refractivity contribution in [3.05, 3.63) is 83.4 Å². The molecule has 0 aliphatic rings. The molecule has 7 nitrogen and oxygen atoms in total. The maximum absolute atomic E-state index is 12.2. The number of carbonyl (C=O) groups excluding carboxylic acids is 2. The first-order chi connectivity index (χ1) is 14.4. The number of ether oxygens (including phenoxy) is 1. The molecule has 0 amide bonds. The second-order valence-electron chi connectivity index (χ2n) is 6.26. The van der Waals surface area contributed by atoms with Crippen LogP contribution in [0.3, 0.4) is 0 Å². The molecule has 9 heteroatoms. The number of hydrogen-bond acceptors (Lipinski definition) is 7. The maximum atomic E-state index is 12.2. The monoisotopic (exact) mass is 441 g/mol. The quantitative estimate of drug-likeness (QED) is 0.338. The van der Waals surface area contributed by atoms with Crippen LogP contribution in [-0.2, 0) is 14.8 Å². The van der Waals surface area contributed by atoms with Crippen molar-refractivity contribution in [2.45, 2.75) is 4.21 Å². The number of Topliss-reactive ketones (excluding diaryl/α,β-unsaturated/α-hetero) is 1. The highest BCUT2D eigenvalue weighted by Gasteiger charge is 2.17. The molecule has 0 atom stereocenters. The Labute approximate surface area is 176 Å². The summed E-state index contributed by atoms with van der Waals surface area (Å²) in [4.78, 5) is 24.4. The van der Waals surface area contributed by atoms with Crippen molar-refractivity contribution >= 4 is 49.8 Å². The predicted molar refractivity (Wildman–Crippen MR) is 112 cm³/mol. The van der Waals surface area contributed by atoms with Gasteiger partial charge in [-0.2, -0.15) is 0 Å². The number of benzene rings is 2. The molecular weight excluding hydrogens is 426 g/mol. The molecule has 0 radical (unpaired) electrons. The number of furan rings is 1. The maximum Gasteiger partial charge on any atom is 0.338 e. The minimum atomic E-state index is -3.67. The molecule has 2 heterocycles. The summed E-state index contributed by atoms with van der Waals surface area (Å²) in [6, 6.07) is 17.7. The van der Waals surface area contributed by atoms with E-state index in [0.717, 1.165) is 16.7 Å². The Morgan fingerprint density at radius 3 is 2.47 bits per heavy atom. The van der Waals surface area contributed by atoms with E-state index >= 15 is 0 Å². The topological polar surface area (TPSA) is 103 Å². The first kappa shape index (κ1) is 19.9. The molecule has 0 unspecified atom stereocenters. The van der Waals surface area contributed by atoms with Gasteiger partial charge in [-0.15, -0.1) is 11.3 Å². The van der Waals surface area contributed by atoms with Crippen LogP contribution in [0.25, 0.3) is 11.0 Å². The van der Waals surface area contributed by atoms with E-state index in [1.807, 2.05) is 12.1 Å². The molecule has 0 aliphatic carbocycles. The van der Waals surface area contributed by atoms with E-state index in [9.17, 15) is 18.0 Å². The zero-order valence-corrected chi connectivity index (χ0v) is 17.0. The lowest BCUT2D eigenvalue weighted by atomic mass is 10.2. The van der Waals surface area contributed by atoms with Crippen molar-refractivity contribution in [2.75, 3.05) is 11.3 Å². The van der Waals surface area contributed by atoms with Gasteiger partial charge in [0.15, 0.2) is 12.4 Å². The average Bonchev–Trinajstić information content (AvgIpc) is 3.42. The Kier molecular flexibility index (Phi) is 5.39. The largest absolute Gasteiger partial charge is 0.454 e. The minimum Gasteiger partial charge on any atom is -0.454 e. The average molecular weight is 441 g/mol. The van der Waals surface area contributed by atoms with Crippen LogP contribution in [0, 0.1) is 0 Å². The van der Waals surface area contributed by atoms with Crippen LogP contribution in [0.5, 0.6) is 0 Å². The second-order valence-corrected chi connectivity index (χ2v) is 9.12. The standard InChI is InChI=1S/C21H15NO6S2/c23-17(19-12-15-4-1-2-5-18(15)28-19)13-27-21(24)14-7-9-16(10-8-14)22-30(25,26)20-6-3-11-29-20/h1-12,22H,13H2. The molecule has 4 aromatic rings. The molecule has 1 N–H and O–H groups in total. The number of esters is 1. The molecule has 30 heavy (non-hydrogen) atoms. The summed E-state index contributed by atoms with van der Waals surface area (Å²) in [5, 5.41) is 2.45. The van der Waals surface area contributed by atoms with E-state index in [1.54, 1.807) is 29.6 Å². The van der Waals surface area contributed by atoms with Gasteiger partial charge in [-0.05, 0) is 47.8 Å². The third kappa shape index (κ3) is 4.27. The van der Waals surface area contributed by atoms with E-state index in [1.165, 1.54) is 30.3 Å². The lowest BCUT2D eigenvalue weighted by Gasteiger charge is -2.07. The number of fused-ring (bicyclic) bond motifs is 1. The van der Waals surface area contributed by atoms with Gasteiger partial charge in [0.05, 0.1) is 5.56 Å². The highest BCUT2D eigenvalue weighted by atomic mass is 32.2. The molecule has 152 valence electrons. The Balaban J connectivity index is 1.37. The summed E-state index contributed by atoms with van der Waals surface area (Å²) in [6.07, 6.45) is 0. The molecule has 0 spiro atoms. The number of ketones is 1. The van der Waals surface area contributed by atoms with Gasteiger partial charge in [0.25, 0.3) is 10.0 Å². The molecule has 2 aromatic carbocycles. The molecule has 0 saturated heterocycles. The van der Waals surface area contributed by atoms with Crippen molar-refractivity contribution in [2.24, 2.45) is 0 Å². The van der Waals surface area contributed by atoms with Crippen LogP contribution in [0.2, 0.25) is 0 Å². The first-order valence-corrected chi connectivity index (χ1v) is 11.1. The number of sulfonamides is 1. The van der Waals surface area contributed by atoms with Gasteiger partial charge in [0.2, 0.25) is 5.78 Å². The fourth-order valence-corrected chi connectivity index (χ4v) is 4.75. The van der Waals surface area contributed by atoms with Gasteiger partial charge in [0, 0.05) is 11.1 Å². The zero-order valence-electron chi connectivity index (χ0n) is 15.4. The second kappa shape index (κ2) is 8.13. The van der Waals surface area contributed by atoms with E-state index in [-0.39, 0.29) is 15.5 Å². The lowest BCUT2D eigenvalue weighted by Crippen LogP contribution is -2.14. The molecular formula is C21H15NO6S2. The fourth-order valence-electron chi connectivity index (χ4n) is 2.70. The molecule has 0 aliphatic heterocycles. The van der Waals surface area contributed by atoms with Gasteiger partial charge in [-0.3, -0.25) is 9.52 Å². The molecule has 2 aromatic heterocycles. The number of anilines is 1. The van der Waals surface area contributed by atoms with Gasteiger partial charge < -0.3 is 9.15 Å². The predicted octanol–water partition coefficient (Wildman–Crippen LogP) is 4.33. The normalized spacial score (nSPS) is 11.3. The Bertz CT molecular complexity index is 1270. The summed E-state index contributed by atoms with van der Waals surface area (Å²) in [7, 11) is -3.67. The Hall–Kier alpha value is -3.43. The summed E-state index contributed by atoms with van der Waals surface area (Å²) in [5.41, 5.74) is 1.07. The van der Waals surface area contributed by atoms with Crippen LogP contribution in [0.4, 0.5) is 5.69 Å². The van der Waals surface area contributed by atoms with Crippen LogP contribution in [0.1, 0.15) is 20.9 Å². The smallest absolute Gasteiger partial charge is 0.338 e. The van der Waals surface area contributed by atoms with Crippen molar-refractivity contribution in [3.63, 3.8) is 0 Å². The highest BCUT2D eigenvalue weighted by molar-refractivity contribution is 7.94. The fraction of sp³-hybridized carbons (Fsp3) is 0.0476.